The lowest BCUT2D eigenvalue weighted by Gasteiger charge is -2.05. The van der Waals surface area contributed by atoms with Crippen molar-refractivity contribution in [2.75, 3.05) is 11.5 Å². The van der Waals surface area contributed by atoms with Crippen molar-refractivity contribution < 1.29 is 13.2 Å². The first kappa shape index (κ1) is 21.6. The van der Waals surface area contributed by atoms with Crippen molar-refractivity contribution in [3.8, 4) is 21.1 Å². The van der Waals surface area contributed by atoms with Gasteiger partial charge in [-0.1, -0.05) is 30.7 Å². The van der Waals surface area contributed by atoms with E-state index in [2.05, 4.69) is 4.98 Å². The predicted octanol–water partition coefficient (Wildman–Crippen LogP) is 6.03. The number of anilines is 1. The van der Waals surface area contributed by atoms with Gasteiger partial charge in [0.2, 0.25) is 0 Å². The van der Waals surface area contributed by atoms with Crippen molar-refractivity contribution >= 4 is 46.6 Å². The highest BCUT2D eigenvalue weighted by atomic mass is 35.5. The molecule has 0 fully saturated rings. The Hall–Kier alpha value is -2.10. The van der Waals surface area contributed by atoms with Crippen LogP contribution in [0.2, 0.25) is 5.02 Å². The minimum atomic E-state index is -4.64. The number of aromatic nitrogens is 2. The Morgan fingerprint density at radius 2 is 1.97 bits per heavy atom. The van der Waals surface area contributed by atoms with E-state index in [1.54, 1.807) is 23.4 Å². The molecule has 4 N–H and O–H groups in total. The van der Waals surface area contributed by atoms with Crippen molar-refractivity contribution in [3.63, 3.8) is 0 Å². The fraction of sp³-hybridized carbons (Fsp3) is 0.211. The largest absolute Gasteiger partial charge is 0.430 e. The highest BCUT2D eigenvalue weighted by Crippen LogP contribution is 2.43. The van der Waals surface area contributed by atoms with Gasteiger partial charge in [0.05, 0.1) is 4.88 Å². The highest BCUT2D eigenvalue weighted by molar-refractivity contribution is 7.99. The van der Waals surface area contributed by atoms with Gasteiger partial charge in [-0.2, -0.15) is 13.2 Å². The van der Waals surface area contributed by atoms with Crippen LogP contribution in [0.4, 0.5) is 19.0 Å². The molecule has 10 heteroatoms. The number of hydrogen-bond donors (Lipinski definition) is 2. The molecule has 0 aliphatic rings. The molecule has 0 spiro atoms. The number of nitrogens with two attached hydrogens (primary N) is 2. The fourth-order valence-corrected chi connectivity index (χ4v) is 4.94. The number of hydrogen-bond acceptors (Lipinski definition) is 5. The highest BCUT2D eigenvalue weighted by Gasteiger charge is 2.32. The summed E-state index contributed by atoms with van der Waals surface area (Å²) in [6.07, 6.45) is -3.88. The Kier molecular flexibility index (Phi) is 6.21. The van der Waals surface area contributed by atoms with Gasteiger partial charge in [-0.25, -0.2) is 4.98 Å². The summed E-state index contributed by atoms with van der Waals surface area (Å²) in [7, 11) is 1.67. The molecule has 0 saturated carbocycles. The molecule has 0 saturated heterocycles. The minimum Gasteiger partial charge on any atom is -0.395 e. The summed E-state index contributed by atoms with van der Waals surface area (Å²) < 4.78 is 40.0. The number of thiophene rings is 1. The van der Waals surface area contributed by atoms with Crippen LogP contribution in [0, 0.1) is 0 Å². The number of nitrogen functional groups attached to an aromatic ring is 1. The molecule has 2 heterocycles. The van der Waals surface area contributed by atoms with Crippen LogP contribution in [0.5, 0.6) is 0 Å². The third kappa shape index (κ3) is 4.57. The fourth-order valence-electron chi connectivity index (χ4n) is 2.62. The molecule has 0 bridgehead atoms. The molecule has 3 rings (SSSR count). The SMILES string of the molecule is CCSc1cc(-c2ccc(Cl)cc2)sc1-c1nc(/C=C(\N)C(F)(F)F)c(N)n1C. The monoisotopic (exact) mass is 458 g/mol. The van der Waals surface area contributed by atoms with Crippen molar-refractivity contribution in [2.24, 2.45) is 12.8 Å². The molecule has 0 radical (unpaired) electrons. The van der Waals surface area contributed by atoms with Gasteiger partial charge in [0.1, 0.15) is 17.2 Å². The maximum absolute atomic E-state index is 12.8. The zero-order valence-corrected chi connectivity index (χ0v) is 17.9. The molecule has 1 aromatic carbocycles. The summed E-state index contributed by atoms with van der Waals surface area (Å²) in [4.78, 5) is 7.17. The second-order valence-electron chi connectivity index (χ2n) is 6.11. The molecule has 0 amide bonds. The number of allylic oxidation sites excluding steroid dienone is 1. The lowest BCUT2D eigenvalue weighted by molar-refractivity contribution is -0.0916. The van der Waals surface area contributed by atoms with Crippen LogP contribution in [0.15, 0.2) is 40.9 Å². The molecular formula is C19H18ClF3N4S2. The molecule has 4 nitrogen and oxygen atoms in total. The second kappa shape index (κ2) is 8.33. The first-order chi connectivity index (χ1) is 13.6. The molecule has 0 unspecified atom stereocenters. The van der Waals surface area contributed by atoms with E-state index >= 15 is 0 Å². The van der Waals surface area contributed by atoms with E-state index in [9.17, 15) is 13.2 Å². The average molecular weight is 459 g/mol. The van der Waals surface area contributed by atoms with E-state index in [0.29, 0.717) is 10.8 Å². The average Bonchev–Trinajstić information content (AvgIpc) is 3.18. The number of nitrogens with zero attached hydrogens (tertiary/aromatic N) is 2. The van der Waals surface area contributed by atoms with Gasteiger partial charge >= 0.3 is 6.18 Å². The number of thioether (sulfide) groups is 1. The van der Waals surface area contributed by atoms with E-state index in [0.717, 1.165) is 32.0 Å². The van der Waals surface area contributed by atoms with Gasteiger partial charge in [-0.05, 0) is 35.6 Å². The lowest BCUT2D eigenvalue weighted by atomic mass is 10.2. The van der Waals surface area contributed by atoms with Crippen LogP contribution in [-0.4, -0.2) is 21.5 Å². The summed E-state index contributed by atoms with van der Waals surface area (Å²) in [6, 6.07) is 9.50. The van der Waals surface area contributed by atoms with E-state index in [1.807, 2.05) is 37.3 Å². The van der Waals surface area contributed by atoms with E-state index in [-0.39, 0.29) is 11.5 Å². The van der Waals surface area contributed by atoms with E-state index < -0.39 is 11.9 Å². The summed E-state index contributed by atoms with van der Waals surface area (Å²) in [5.41, 5.74) is 10.9. The van der Waals surface area contributed by atoms with Gasteiger partial charge in [0.25, 0.3) is 0 Å². The van der Waals surface area contributed by atoms with Crippen LogP contribution >= 0.6 is 34.7 Å². The normalized spacial score (nSPS) is 12.6. The smallest absolute Gasteiger partial charge is 0.395 e. The number of imidazole rings is 1. The van der Waals surface area contributed by atoms with Crippen molar-refractivity contribution in [1.82, 2.24) is 9.55 Å². The first-order valence-electron chi connectivity index (χ1n) is 8.51. The van der Waals surface area contributed by atoms with Crippen LogP contribution in [0.1, 0.15) is 12.6 Å². The number of rotatable bonds is 5. The standard InChI is InChI=1S/C19H18ClF3N4S2/c1-3-28-14-9-13(10-4-6-11(20)7-5-10)29-16(14)18-26-12(17(25)27(18)2)8-15(24)19(21,22)23/h4-9H,3,24-25H2,1-2H3/b15-8-. The molecule has 2 aromatic heterocycles. The maximum Gasteiger partial charge on any atom is 0.430 e. The third-order valence-electron chi connectivity index (χ3n) is 4.12. The van der Waals surface area contributed by atoms with Crippen molar-refractivity contribution in [3.05, 3.63) is 46.7 Å². The maximum atomic E-state index is 12.8. The van der Waals surface area contributed by atoms with Crippen LogP contribution in [-0.2, 0) is 7.05 Å². The zero-order valence-electron chi connectivity index (χ0n) is 15.5. The Morgan fingerprint density at radius 3 is 2.55 bits per heavy atom. The molecule has 0 aliphatic heterocycles. The molecule has 0 aliphatic carbocycles. The summed E-state index contributed by atoms with van der Waals surface area (Å²) in [5, 5.41) is 0.643. The molecule has 0 atom stereocenters. The Balaban J connectivity index is 2.10. The summed E-state index contributed by atoms with van der Waals surface area (Å²) >= 11 is 9.09. The van der Waals surface area contributed by atoms with Crippen molar-refractivity contribution in [1.29, 1.82) is 0 Å². The van der Waals surface area contributed by atoms with Crippen LogP contribution in [0.3, 0.4) is 0 Å². The van der Waals surface area contributed by atoms with Crippen molar-refractivity contribution in [2.45, 2.75) is 18.0 Å². The van der Waals surface area contributed by atoms with Gasteiger partial charge in [0.15, 0.2) is 5.82 Å². The minimum absolute atomic E-state index is 0.00813. The topological polar surface area (TPSA) is 69.9 Å². The van der Waals surface area contributed by atoms with E-state index in [1.165, 1.54) is 11.3 Å². The number of benzene rings is 1. The molecule has 29 heavy (non-hydrogen) atoms. The summed E-state index contributed by atoms with van der Waals surface area (Å²) in [6.45, 7) is 2.03. The van der Waals surface area contributed by atoms with Gasteiger partial charge in [0, 0.05) is 21.8 Å². The molecular weight excluding hydrogens is 441 g/mol. The van der Waals surface area contributed by atoms with Crippen LogP contribution < -0.4 is 11.5 Å². The van der Waals surface area contributed by atoms with Gasteiger partial charge < -0.3 is 16.0 Å². The van der Waals surface area contributed by atoms with E-state index in [4.69, 9.17) is 23.1 Å². The first-order valence-corrected chi connectivity index (χ1v) is 10.7. The number of halogens is 4. The third-order valence-corrected chi connectivity index (χ3v) is 6.60. The Labute approximate surface area is 179 Å². The Morgan fingerprint density at radius 1 is 1.31 bits per heavy atom. The van der Waals surface area contributed by atoms with Gasteiger partial charge in [-0.15, -0.1) is 23.1 Å². The quantitative estimate of drug-likeness (QED) is 0.458. The van der Waals surface area contributed by atoms with Gasteiger partial charge in [-0.3, -0.25) is 0 Å². The number of alkyl halides is 3. The lowest BCUT2D eigenvalue weighted by Crippen LogP contribution is -2.19. The second-order valence-corrected chi connectivity index (χ2v) is 8.90. The Bertz CT molecular complexity index is 1050. The zero-order chi connectivity index (χ0) is 21.3. The summed E-state index contributed by atoms with van der Waals surface area (Å²) in [5.74, 6) is 1.43. The molecule has 154 valence electrons. The molecule has 3 aromatic rings. The predicted molar refractivity (Wildman–Crippen MR) is 116 cm³/mol. The van der Waals surface area contributed by atoms with Crippen LogP contribution in [0.25, 0.3) is 27.2 Å².